The Morgan fingerprint density at radius 1 is 1.32 bits per heavy atom. The Hall–Kier alpha value is -0.900. The fourth-order valence-electron chi connectivity index (χ4n) is 2.21. The van der Waals surface area contributed by atoms with Crippen molar-refractivity contribution in [3.05, 3.63) is 12.2 Å². The molecule has 0 aliphatic carbocycles. The van der Waals surface area contributed by atoms with Gasteiger partial charge in [-0.2, -0.15) is 5.10 Å². The summed E-state index contributed by atoms with van der Waals surface area (Å²) < 4.78 is 2.04. The summed E-state index contributed by atoms with van der Waals surface area (Å²) in [5.74, 6) is 1.67. The molecule has 0 aromatic carbocycles. The van der Waals surface area contributed by atoms with Crippen LogP contribution >= 0.6 is 0 Å². The summed E-state index contributed by atoms with van der Waals surface area (Å²) in [6, 6.07) is 0.377. The molecule has 19 heavy (non-hydrogen) atoms. The third kappa shape index (κ3) is 4.94. The Kier molecular flexibility index (Phi) is 5.98. The van der Waals surface area contributed by atoms with Crippen molar-refractivity contribution in [3.63, 3.8) is 0 Å². The maximum absolute atomic E-state index is 4.44. The van der Waals surface area contributed by atoms with Gasteiger partial charge in [0.05, 0.1) is 0 Å². The summed E-state index contributed by atoms with van der Waals surface area (Å²) in [7, 11) is 0. The van der Waals surface area contributed by atoms with E-state index in [1.165, 1.54) is 6.42 Å². The van der Waals surface area contributed by atoms with Gasteiger partial charge < -0.3 is 5.32 Å². The summed E-state index contributed by atoms with van der Waals surface area (Å²) in [4.78, 5) is 4.44. The van der Waals surface area contributed by atoms with Crippen LogP contribution in [-0.2, 0) is 6.42 Å². The molecule has 0 amide bonds. The van der Waals surface area contributed by atoms with Crippen LogP contribution in [0.1, 0.15) is 59.8 Å². The number of hydrogen-bond acceptors (Lipinski definition) is 3. The zero-order valence-electron chi connectivity index (χ0n) is 13.4. The van der Waals surface area contributed by atoms with Crippen molar-refractivity contribution >= 4 is 0 Å². The molecule has 1 rings (SSSR count). The second-order valence-electron chi connectivity index (χ2n) is 6.69. The normalized spacial score (nSPS) is 14.1. The van der Waals surface area contributed by atoms with Crippen LogP contribution in [0.3, 0.4) is 0 Å². The number of nitrogens with zero attached hydrogens (tertiary/aromatic N) is 3. The van der Waals surface area contributed by atoms with E-state index in [0.29, 0.717) is 12.0 Å². The first kappa shape index (κ1) is 16.2. The number of nitrogens with one attached hydrogen (secondary N) is 1. The molecular weight excluding hydrogens is 236 g/mol. The van der Waals surface area contributed by atoms with Crippen molar-refractivity contribution in [2.75, 3.05) is 13.1 Å². The van der Waals surface area contributed by atoms with Crippen LogP contribution in [-0.4, -0.2) is 27.9 Å². The smallest absolute Gasteiger partial charge is 0.138 e. The van der Waals surface area contributed by atoms with Crippen molar-refractivity contribution in [2.24, 2.45) is 11.3 Å². The summed E-state index contributed by atoms with van der Waals surface area (Å²) in [5, 5.41) is 7.88. The zero-order valence-corrected chi connectivity index (χ0v) is 13.4. The van der Waals surface area contributed by atoms with Gasteiger partial charge in [-0.15, -0.1) is 0 Å². The zero-order chi connectivity index (χ0) is 14.5. The quantitative estimate of drug-likeness (QED) is 0.771. The van der Waals surface area contributed by atoms with Crippen molar-refractivity contribution in [1.82, 2.24) is 20.1 Å². The molecule has 0 spiro atoms. The van der Waals surface area contributed by atoms with Crippen molar-refractivity contribution in [3.8, 4) is 0 Å². The highest BCUT2D eigenvalue weighted by Gasteiger charge is 2.26. The van der Waals surface area contributed by atoms with E-state index in [1.807, 2.05) is 4.68 Å². The highest BCUT2D eigenvalue weighted by molar-refractivity contribution is 4.92. The Labute approximate surface area is 118 Å². The topological polar surface area (TPSA) is 42.7 Å². The Morgan fingerprint density at radius 2 is 2.00 bits per heavy atom. The van der Waals surface area contributed by atoms with Crippen LogP contribution in [0.2, 0.25) is 0 Å². The standard InChI is InChI=1S/C15H30N4/c1-7-8-16-10-13(15(4,5)6)9-14-17-11-18-19(14)12(2)3/h11-13,16H,7-10H2,1-6H3. The molecule has 0 saturated heterocycles. The van der Waals surface area contributed by atoms with Gasteiger partial charge in [-0.25, -0.2) is 9.67 Å². The first-order valence-electron chi connectivity index (χ1n) is 7.45. The summed E-state index contributed by atoms with van der Waals surface area (Å²) >= 11 is 0. The van der Waals surface area contributed by atoms with Crippen molar-refractivity contribution in [1.29, 1.82) is 0 Å². The molecule has 1 heterocycles. The molecule has 1 aromatic heterocycles. The molecule has 0 saturated carbocycles. The second kappa shape index (κ2) is 7.04. The van der Waals surface area contributed by atoms with Gasteiger partial charge in [-0.3, -0.25) is 0 Å². The molecule has 1 N–H and O–H groups in total. The van der Waals surface area contributed by atoms with Crippen LogP contribution in [0.5, 0.6) is 0 Å². The average molecular weight is 266 g/mol. The Balaban J connectivity index is 2.74. The SMILES string of the molecule is CCCNCC(Cc1ncnn1C(C)C)C(C)(C)C. The Morgan fingerprint density at radius 3 is 2.53 bits per heavy atom. The average Bonchev–Trinajstić information content (AvgIpc) is 2.75. The summed E-state index contributed by atoms with van der Waals surface area (Å²) in [6.07, 6.45) is 3.84. The number of aromatic nitrogens is 3. The molecule has 1 unspecified atom stereocenters. The van der Waals surface area contributed by atoms with E-state index >= 15 is 0 Å². The molecular formula is C15H30N4. The fourth-order valence-corrected chi connectivity index (χ4v) is 2.21. The van der Waals surface area contributed by atoms with Crippen LogP contribution in [0.15, 0.2) is 6.33 Å². The Bertz CT molecular complexity index is 362. The van der Waals surface area contributed by atoms with Crippen molar-refractivity contribution in [2.45, 2.75) is 60.4 Å². The summed E-state index contributed by atoms with van der Waals surface area (Å²) in [6.45, 7) is 15.6. The lowest BCUT2D eigenvalue weighted by atomic mass is 9.78. The minimum atomic E-state index is 0.272. The highest BCUT2D eigenvalue weighted by Crippen LogP contribution is 2.28. The molecule has 1 aromatic rings. The van der Waals surface area contributed by atoms with Gasteiger partial charge in [0.2, 0.25) is 0 Å². The van der Waals surface area contributed by atoms with Gasteiger partial charge in [0, 0.05) is 12.5 Å². The molecule has 0 radical (unpaired) electrons. The third-order valence-corrected chi connectivity index (χ3v) is 3.61. The second-order valence-corrected chi connectivity index (χ2v) is 6.69. The summed E-state index contributed by atoms with van der Waals surface area (Å²) in [5.41, 5.74) is 0.272. The van der Waals surface area contributed by atoms with E-state index in [9.17, 15) is 0 Å². The van der Waals surface area contributed by atoms with Crippen LogP contribution < -0.4 is 5.32 Å². The predicted molar refractivity (Wildman–Crippen MR) is 80.2 cm³/mol. The fraction of sp³-hybridized carbons (Fsp3) is 0.867. The molecule has 0 aliphatic rings. The van der Waals surface area contributed by atoms with Crippen LogP contribution in [0.25, 0.3) is 0 Å². The number of hydrogen-bond donors (Lipinski definition) is 1. The minimum Gasteiger partial charge on any atom is -0.316 e. The van der Waals surface area contributed by atoms with Crippen LogP contribution in [0.4, 0.5) is 0 Å². The van der Waals surface area contributed by atoms with E-state index in [0.717, 1.165) is 25.3 Å². The monoisotopic (exact) mass is 266 g/mol. The maximum atomic E-state index is 4.44. The van der Waals surface area contributed by atoms with Gasteiger partial charge >= 0.3 is 0 Å². The largest absolute Gasteiger partial charge is 0.316 e. The van der Waals surface area contributed by atoms with E-state index in [2.05, 4.69) is 56.9 Å². The van der Waals surface area contributed by atoms with Gasteiger partial charge in [-0.1, -0.05) is 27.7 Å². The third-order valence-electron chi connectivity index (χ3n) is 3.61. The number of rotatable bonds is 7. The first-order valence-corrected chi connectivity index (χ1v) is 7.45. The first-order chi connectivity index (χ1) is 8.86. The maximum Gasteiger partial charge on any atom is 0.138 e. The molecule has 0 aliphatic heterocycles. The highest BCUT2D eigenvalue weighted by atomic mass is 15.3. The molecule has 0 fully saturated rings. The van der Waals surface area contributed by atoms with E-state index in [-0.39, 0.29) is 5.41 Å². The van der Waals surface area contributed by atoms with E-state index < -0.39 is 0 Å². The van der Waals surface area contributed by atoms with Gasteiger partial charge in [-0.05, 0) is 44.7 Å². The van der Waals surface area contributed by atoms with Gasteiger partial charge in [0.15, 0.2) is 0 Å². The molecule has 4 nitrogen and oxygen atoms in total. The van der Waals surface area contributed by atoms with E-state index in [4.69, 9.17) is 0 Å². The van der Waals surface area contributed by atoms with E-state index in [1.54, 1.807) is 6.33 Å². The molecule has 0 bridgehead atoms. The predicted octanol–water partition coefficient (Wildman–Crippen LogP) is 3.06. The minimum absolute atomic E-state index is 0.272. The van der Waals surface area contributed by atoms with Gasteiger partial charge in [0.25, 0.3) is 0 Å². The van der Waals surface area contributed by atoms with Crippen molar-refractivity contribution < 1.29 is 0 Å². The van der Waals surface area contributed by atoms with Crippen LogP contribution in [0, 0.1) is 11.3 Å². The molecule has 110 valence electrons. The van der Waals surface area contributed by atoms with Gasteiger partial charge in [0.1, 0.15) is 12.2 Å². The molecule has 4 heteroatoms. The lowest BCUT2D eigenvalue weighted by Gasteiger charge is -2.31. The lowest BCUT2D eigenvalue weighted by molar-refractivity contribution is 0.224. The molecule has 1 atom stereocenters. The lowest BCUT2D eigenvalue weighted by Crippen LogP contribution is -2.34.